The fraction of sp³-hybridized carbons (Fsp3) is 0.800. The summed E-state index contributed by atoms with van der Waals surface area (Å²) in [5.74, 6) is -1.21. The third-order valence-corrected chi connectivity index (χ3v) is 2.30. The van der Waals surface area contributed by atoms with Gasteiger partial charge in [-0.25, -0.2) is 0 Å². The van der Waals surface area contributed by atoms with Crippen LogP contribution in [0.2, 0.25) is 0 Å². The van der Waals surface area contributed by atoms with Crippen LogP contribution in [0, 0.1) is 11.3 Å². The van der Waals surface area contributed by atoms with Crippen LogP contribution in [-0.4, -0.2) is 29.6 Å². The fourth-order valence-corrected chi connectivity index (χ4v) is 0.804. The van der Waals surface area contributed by atoms with Crippen LogP contribution in [0.25, 0.3) is 0 Å². The van der Waals surface area contributed by atoms with Crippen LogP contribution in [0.4, 0.5) is 0 Å². The van der Waals surface area contributed by atoms with Gasteiger partial charge in [0.1, 0.15) is 0 Å². The first kappa shape index (κ1) is 13.9. The number of amides is 1. The van der Waals surface area contributed by atoms with Gasteiger partial charge in [-0.05, 0) is 19.8 Å². The van der Waals surface area contributed by atoms with Crippen LogP contribution in [0.1, 0.15) is 27.7 Å². The normalized spacial score (nSPS) is 13.7. The summed E-state index contributed by atoms with van der Waals surface area (Å²) < 4.78 is 0. The Balaban J connectivity index is 4.18. The van der Waals surface area contributed by atoms with Crippen molar-refractivity contribution >= 4 is 11.9 Å². The largest absolute Gasteiger partial charge is 0.481 e. The molecular formula is C10H20N2O3. The highest BCUT2D eigenvalue weighted by Gasteiger charge is 2.28. The quantitative estimate of drug-likeness (QED) is 0.612. The minimum Gasteiger partial charge on any atom is -0.481 e. The molecule has 0 aliphatic rings. The van der Waals surface area contributed by atoms with Crippen molar-refractivity contribution in [1.29, 1.82) is 0 Å². The standard InChI is InChI=1S/C10H20N2O3/c1-6(2)7(11)8(13)12-5-10(3,4)9(14)15/h6-7H,5,11H2,1-4H3,(H,12,13)(H,14,15)/t7-/m1/s1. The Labute approximate surface area is 90.0 Å². The molecule has 0 heterocycles. The first-order chi connectivity index (χ1) is 6.68. The maximum absolute atomic E-state index is 11.4. The van der Waals surface area contributed by atoms with E-state index in [1.165, 1.54) is 0 Å². The summed E-state index contributed by atoms with van der Waals surface area (Å²) in [4.78, 5) is 22.2. The Morgan fingerprint density at radius 3 is 2.20 bits per heavy atom. The molecule has 5 heteroatoms. The average molecular weight is 216 g/mol. The number of carbonyl (C=O) groups excluding carboxylic acids is 1. The summed E-state index contributed by atoms with van der Waals surface area (Å²) >= 11 is 0. The lowest BCUT2D eigenvalue weighted by Gasteiger charge is -2.22. The molecule has 5 nitrogen and oxygen atoms in total. The van der Waals surface area contributed by atoms with E-state index in [9.17, 15) is 9.59 Å². The second-order valence-corrected chi connectivity index (χ2v) is 4.68. The van der Waals surface area contributed by atoms with Crippen LogP contribution in [0.15, 0.2) is 0 Å². The highest BCUT2D eigenvalue weighted by Crippen LogP contribution is 2.13. The van der Waals surface area contributed by atoms with E-state index in [4.69, 9.17) is 10.8 Å². The highest BCUT2D eigenvalue weighted by molar-refractivity contribution is 5.82. The number of aliphatic carboxylic acids is 1. The molecule has 0 saturated heterocycles. The van der Waals surface area contributed by atoms with Gasteiger partial charge < -0.3 is 16.2 Å². The number of nitrogens with two attached hydrogens (primary N) is 1. The molecule has 15 heavy (non-hydrogen) atoms. The van der Waals surface area contributed by atoms with Gasteiger partial charge in [0.15, 0.2) is 0 Å². The van der Waals surface area contributed by atoms with E-state index < -0.39 is 17.4 Å². The molecule has 0 unspecified atom stereocenters. The van der Waals surface area contributed by atoms with Gasteiger partial charge in [-0.2, -0.15) is 0 Å². The fourth-order valence-electron chi connectivity index (χ4n) is 0.804. The molecule has 0 bridgehead atoms. The Morgan fingerprint density at radius 2 is 1.87 bits per heavy atom. The van der Waals surface area contributed by atoms with Crippen molar-refractivity contribution in [3.05, 3.63) is 0 Å². The second kappa shape index (κ2) is 5.11. The Morgan fingerprint density at radius 1 is 1.40 bits per heavy atom. The summed E-state index contributed by atoms with van der Waals surface area (Å²) in [5, 5.41) is 11.4. The first-order valence-electron chi connectivity index (χ1n) is 4.95. The van der Waals surface area contributed by atoms with E-state index in [2.05, 4.69) is 5.32 Å². The van der Waals surface area contributed by atoms with Crippen molar-refractivity contribution in [2.75, 3.05) is 6.54 Å². The number of carboxylic acids is 1. The number of hydrogen-bond acceptors (Lipinski definition) is 3. The maximum Gasteiger partial charge on any atom is 0.310 e. The average Bonchev–Trinajstić information content (AvgIpc) is 2.12. The van der Waals surface area contributed by atoms with E-state index >= 15 is 0 Å². The maximum atomic E-state index is 11.4. The highest BCUT2D eigenvalue weighted by atomic mass is 16.4. The van der Waals surface area contributed by atoms with E-state index in [1.807, 2.05) is 13.8 Å². The van der Waals surface area contributed by atoms with Gasteiger partial charge in [0.05, 0.1) is 11.5 Å². The number of rotatable bonds is 5. The van der Waals surface area contributed by atoms with Crippen molar-refractivity contribution in [1.82, 2.24) is 5.32 Å². The molecular weight excluding hydrogens is 196 g/mol. The predicted octanol–water partition coefficient (Wildman–Crippen LogP) is 0.197. The van der Waals surface area contributed by atoms with Gasteiger partial charge in [0.25, 0.3) is 0 Å². The van der Waals surface area contributed by atoms with Crippen molar-refractivity contribution in [3.8, 4) is 0 Å². The SMILES string of the molecule is CC(C)[C@@H](N)C(=O)NCC(C)(C)C(=O)O. The van der Waals surface area contributed by atoms with Gasteiger partial charge in [0.2, 0.25) is 5.91 Å². The molecule has 0 aromatic carbocycles. The van der Waals surface area contributed by atoms with Crippen LogP contribution in [-0.2, 0) is 9.59 Å². The third kappa shape index (κ3) is 4.29. The molecule has 0 rings (SSSR count). The number of hydrogen-bond donors (Lipinski definition) is 3. The monoisotopic (exact) mass is 216 g/mol. The lowest BCUT2D eigenvalue weighted by molar-refractivity contribution is -0.146. The van der Waals surface area contributed by atoms with E-state index in [1.54, 1.807) is 13.8 Å². The van der Waals surface area contributed by atoms with Gasteiger partial charge in [-0.15, -0.1) is 0 Å². The third-order valence-electron chi connectivity index (χ3n) is 2.30. The van der Waals surface area contributed by atoms with E-state index in [0.29, 0.717) is 0 Å². The minimum absolute atomic E-state index is 0.0398. The lowest BCUT2D eigenvalue weighted by Crippen LogP contribution is -2.48. The number of carbonyl (C=O) groups is 2. The molecule has 0 aliphatic carbocycles. The summed E-state index contributed by atoms with van der Waals surface area (Å²) in [7, 11) is 0. The molecule has 1 amide bonds. The van der Waals surface area contributed by atoms with Crippen molar-refractivity contribution in [3.63, 3.8) is 0 Å². The summed E-state index contributed by atoms with van der Waals surface area (Å²) in [6.07, 6.45) is 0. The van der Waals surface area contributed by atoms with Crippen molar-refractivity contribution in [2.24, 2.45) is 17.1 Å². The topological polar surface area (TPSA) is 92.4 Å². The molecule has 0 saturated carbocycles. The molecule has 1 atom stereocenters. The van der Waals surface area contributed by atoms with Crippen LogP contribution >= 0.6 is 0 Å². The molecule has 0 aromatic heterocycles. The predicted molar refractivity (Wildman–Crippen MR) is 57.2 cm³/mol. The first-order valence-corrected chi connectivity index (χ1v) is 4.95. The number of carboxylic acid groups (broad SMARTS) is 1. The minimum atomic E-state index is -0.966. The van der Waals surface area contributed by atoms with Crippen molar-refractivity contribution in [2.45, 2.75) is 33.7 Å². The summed E-state index contributed by atoms with van der Waals surface area (Å²) in [6.45, 7) is 6.87. The van der Waals surface area contributed by atoms with Crippen LogP contribution < -0.4 is 11.1 Å². The van der Waals surface area contributed by atoms with Crippen LogP contribution in [0.5, 0.6) is 0 Å². The van der Waals surface area contributed by atoms with Gasteiger partial charge >= 0.3 is 5.97 Å². The van der Waals surface area contributed by atoms with Gasteiger partial charge in [-0.3, -0.25) is 9.59 Å². The van der Waals surface area contributed by atoms with Gasteiger partial charge in [-0.1, -0.05) is 13.8 Å². The smallest absolute Gasteiger partial charge is 0.310 e. The van der Waals surface area contributed by atoms with E-state index in [0.717, 1.165) is 0 Å². The lowest BCUT2D eigenvalue weighted by atomic mass is 9.93. The zero-order valence-corrected chi connectivity index (χ0v) is 9.70. The molecule has 0 spiro atoms. The Kier molecular flexibility index (Phi) is 4.74. The zero-order valence-electron chi connectivity index (χ0n) is 9.70. The molecule has 0 aromatic rings. The van der Waals surface area contributed by atoms with Gasteiger partial charge in [0, 0.05) is 6.54 Å². The molecule has 0 radical (unpaired) electrons. The van der Waals surface area contributed by atoms with Crippen molar-refractivity contribution < 1.29 is 14.7 Å². The van der Waals surface area contributed by atoms with E-state index in [-0.39, 0.29) is 18.4 Å². The van der Waals surface area contributed by atoms with Crippen LogP contribution in [0.3, 0.4) is 0 Å². The Bertz CT molecular complexity index is 249. The second-order valence-electron chi connectivity index (χ2n) is 4.68. The Hall–Kier alpha value is -1.10. The molecule has 0 fully saturated rings. The zero-order chi connectivity index (χ0) is 12.2. The molecule has 4 N–H and O–H groups in total. The molecule has 88 valence electrons. The number of nitrogens with one attached hydrogen (secondary N) is 1. The summed E-state index contributed by atoms with van der Waals surface area (Å²) in [5.41, 5.74) is 4.64. The summed E-state index contributed by atoms with van der Waals surface area (Å²) in [6, 6.07) is -0.588. The molecule has 0 aliphatic heterocycles.